The number of pyridine rings is 1. The van der Waals surface area contributed by atoms with Crippen molar-refractivity contribution in [3.63, 3.8) is 0 Å². The Hall–Kier alpha value is -1.42. The van der Waals surface area contributed by atoms with Crippen molar-refractivity contribution in [1.29, 1.82) is 0 Å². The Kier molecular flexibility index (Phi) is 2.74. The zero-order valence-corrected chi connectivity index (χ0v) is 8.41. The third-order valence-electron chi connectivity index (χ3n) is 2.01. The van der Waals surface area contributed by atoms with Gasteiger partial charge in [0.2, 0.25) is 0 Å². The molecule has 0 N–H and O–H groups in total. The molecule has 0 spiro atoms. The molecule has 0 bridgehead atoms. The summed E-state index contributed by atoms with van der Waals surface area (Å²) in [5, 5.41) is 1.81. The molecular formula is C10H10N2OS. The Labute approximate surface area is 85.7 Å². The van der Waals surface area contributed by atoms with Crippen molar-refractivity contribution >= 4 is 11.3 Å². The number of aryl methyl sites for hydroxylation is 2. The van der Waals surface area contributed by atoms with Crippen molar-refractivity contribution in [2.75, 3.05) is 0 Å². The molecule has 4 heteroatoms. The smallest absolute Gasteiger partial charge is 0.306 e. The van der Waals surface area contributed by atoms with Crippen LogP contribution in [0.2, 0.25) is 0 Å². The molecule has 0 aliphatic rings. The van der Waals surface area contributed by atoms with E-state index in [0.29, 0.717) is 0 Å². The minimum Gasteiger partial charge on any atom is -0.306 e. The monoisotopic (exact) mass is 206 g/mol. The third kappa shape index (κ3) is 2.09. The summed E-state index contributed by atoms with van der Waals surface area (Å²) in [4.78, 5) is 15.3. The van der Waals surface area contributed by atoms with Crippen LogP contribution < -0.4 is 4.87 Å². The van der Waals surface area contributed by atoms with E-state index < -0.39 is 0 Å². The van der Waals surface area contributed by atoms with Crippen molar-refractivity contribution in [2.45, 2.75) is 13.0 Å². The van der Waals surface area contributed by atoms with Crippen molar-refractivity contribution in [2.24, 2.45) is 0 Å². The Morgan fingerprint density at radius 3 is 3.07 bits per heavy atom. The summed E-state index contributed by atoms with van der Waals surface area (Å²) in [6.07, 6.45) is 6.26. The summed E-state index contributed by atoms with van der Waals surface area (Å²) in [5.41, 5.74) is 1.16. The largest absolute Gasteiger partial charge is 0.307 e. The molecule has 0 saturated carbocycles. The van der Waals surface area contributed by atoms with Crippen LogP contribution in [0.1, 0.15) is 5.56 Å². The molecule has 0 atom stereocenters. The fourth-order valence-corrected chi connectivity index (χ4v) is 1.86. The molecule has 72 valence electrons. The second-order valence-electron chi connectivity index (χ2n) is 2.97. The van der Waals surface area contributed by atoms with Crippen LogP contribution >= 0.6 is 11.3 Å². The maximum absolute atomic E-state index is 11.2. The van der Waals surface area contributed by atoms with Crippen LogP contribution in [0.5, 0.6) is 0 Å². The first-order chi connectivity index (χ1) is 6.86. The molecule has 0 amide bonds. The summed E-state index contributed by atoms with van der Waals surface area (Å²) >= 11 is 1.23. The van der Waals surface area contributed by atoms with Crippen LogP contribution in [-0.4, -0.2) is 9.55 Å². The maximum Gasteiger partial charge on any atom is 0.307 e. The van der Waals surface area contributed by atoms with Gasteiger partial charge in [-0.05, 0) is 18.1 Å². The Morgan fingerprint density at radius 1 is 1.50 bits per heavy atom. The van der Waals surface area contributed by atoms with E-state index in [1.807, 2.05) is 29.9 Å². The van der Waals surface area contributed by atoms with E-state index >= 15 is 0 Å². The van der Waals surface area contributed by atoms with Gasteiger partial charge in [0.05, 0.1) is 0 Å². The van der Waals surface area contributed by atoms with Gasteiger partial charge in [-0.1, -0.05) is 17.4 Å². The second-order valence-corrected chi connectivity index (χ2v) is 3.83. The van der Waals surface area contributed by atoms with E-state index in [-0.39, 0.29) is 4.87 Å². The molecule has 0 aliphatic heterocycles. The molecule has 2 rings (SSSR count). The molecule has 0 unspecified atom stereocenters. The lowest BCUT2D eigenvalue weighted by Gasteiger charge is -2.00. The fourth-order valence-electron chi connectivity index (χ4n) is 1.25. The summed E-state index contributed by atoms with van der Waals surface area (Å²) in [6, 6.07) is 3.93. The van der Waals surface area contributed by atoms with E-state index in [0.717, 1.165) is 18.5 Å². The molecule has 3 nitrogen and oxygen atoms in total. The van der Waals surface area contributed by atoms with Gasteiger partial charge in [-0.25, -0.2) is 0 Å². The average molecular weight is 206 g/mol. The van der Waals surface area contributed by atoms with Crippen molar-refractivity contribution in [3.8, 4) is 0 Å². The number of thiazole rings is 1. The summed E-state index contributed by atoms with van der Waals surface area (Å²) in [5.74, 6) is 0. The molecule has 2 aromatic heterocycles. The minimum atomic E-state index is 0.105. The van der Waals surface area contributed by atoms with Crippen LogP contribution in [0.15, 0.2) is 40.9 Å². The topological polar surface area (TPSA) is 34.9 Å². The predicted octanol–water partition coefficient (Wildman–Crippen LogP) is 1.55. The molecule has 14 heavy (non-hydrogen) atoms. The van der Waals surface area contributed by atoms with Gasteiger partial charge in [-0.15, -0.1) is 0 Å². The van der Waals surface area contributed by atoms with E-state index in [1.165, 1.54) is 11.3 Å². The molecule has 0 aromatic carbocycles. The Morgan fingerprint density at radius 2 is 2.43 bits per heavy atom. The van der Waals surface area contributed by atoms with Crippen molar-refractivity contribution in [3.05, 3.63) is 51.3 Å². The van der Waals surface area contributed by atoms with E-state index in [2.05, 4.69) is 4.98 Å². The van der Waals surface area contributed by atoms with Crippen LogP contribution in [0.4, 0.5) is 0 Å². The first kappa shape index (κ1) is 9.15. The Bertz CT molecular complexity index is 446. The summed E-state index contributed by atoms with van der Waals surface area (Å²) in [6.45, 7) is 0.730. The standard InChI is InChI=1S/C10H10N2OS/c13-10-12(6-7-14-10)5-3-9-2-1-4-11-8-9/h1-2,4,6-8H,3,5H2. The average Bonchev–Trinajstić information content (AvgIpc) is 2.63. The van der Waals surface area contributed by atoms with Gasteiger partial charge in [-0.2, -0.15) is 0 Å². The van der Waals surface area contributed by atoms with Crippen LogP contribution in [-0.2, 0) is 13.0 Å². The number of hydrogen-bond donors (Lipinski definition) is 0. The van der Waals surface area contributed by atoms with Gasteiger partial charge < -0.3 is 4.57 Å². The zero-order valence-electron chi connectivity index (χ0n) is 7.59. The van der Waals surface area contributed by atoms with Crippen LogP contribution in [0, 0.1) is 0 Å². The molecule has 0 fully saturated rings. The summed E-state index contributed by atoms with van der Waals surface area (Å²) < 4.78 is 1.72. The van der Waals surface area contributed by atoms with Gasteiger partial charge in [0.15, 0.2) is 0 Å². The number of rotatable bonds is 3. The normalized spacial score (nSPS) is 10.3. The second kappa shape index (κ2) is 4.19. The molecular weight excluding hydrogens is 196 g/mol. The SMILES string of the molecule is O=c1sccn1CCc1cccnc1. The lowest BCUT2D eigenvalue weighted by molar-refractivity contribution is 0.684. The van der Waals surface area contributed by atoms with Gasteiger partial charge in [-0.3, -0.25) is 9.78 Å². The van der Waals surface area contributed by atoms with Gasteiger partial charge >= 0.3 is 4.87 Å². The predicted molar refractivity (Wildman–Crippen MR) is 56.5 cm³/mol. The molecule has 0 saturated heterocycles. The highest BCUT2D eigenvalue weighted by molar-refractivity contribution is 7.07. The Balaban J connectivity index is 2.02. The van der Waals surface area contributed by atoms with Gasteiger partial charge in [0.1, 0.15) is 0 Å². The van der Waals surface area contributed by atoms with Crippen LogP contribution in [0.25, 0.3) is 0 Å². The van der Waals surface area contributed by atoms with Crippen molar-refractivity contribution in [1.82, 2.24) is 9.55 Å². The quantitative estimate of drug-likeness (QED) is 0.763. The highest BCUT2D eigenvalue weighted by Crippen LogP contribution is 1.99. The number of nitrogens with zero attached hydrogens (tertiary/aromatic N) is 2. The first-order valence-electron chi connectivity index (χ1n) is 4.39. The van der Waals surface area contributed by atoms with Crippen LogP contribution in [0.3, 0.4) is 0 Å². The molecule has 2 aromatic rings. The molecule has 0 radical (unpaired) electrons. The molecule has 2 heterocycles. The highest BCUT2D eigenvalue weighted by Gasteiger charge is 1.97. The lowest BCUT2D eigenvalue weighted by Crippen LogP contribution is -2.13. The van der Waals surface area contributed by atoms with Crippen molar-refractivity contribution < 1.29 is 0 Å². The highest BCUT2D eigenvalue weighted by atomic mass is 32.1. The summed E-state index contributed by atoms with van der Waals surface area (Å²) in [7, 11) is 0. The van der Waals surface area contributed by atoms with Gasteiger partial charge in [0.25, 0.3) is 0 Å². The van der Waals surface area contributed by atoms with E-state index in [1.54, 1.807) is 10.8 Å². The zero-order chi connectivity index (χ0) is 9.80. The third-order valence-corrected chi connectivity index (χ3v) is 2.70. The van der Waals surface area contributed by atoms with E-state index in [9.17, 15) is 4.79 Å². The first-order valence-corrected chi connectivity index (χ1v) is 5.27. The lowest BCUT2D eigenvalue weighted by atomic mass is 10.2. The minimum absolute atomic E-state index is 0.105. The van der Waals surface area contributed by atoms with E-state index in [4.69, 9.17) is 0 Å². The maximum atomic E-state index is 11.2. The fraction of sp³-hybridized carbons (Fsp3) is 0.200. The number of hydrogen-bond acceptors (Lipinski definition) is 3. The van der Waals surface area contributed by atoms with Gasteiger partial charge in [0, 0.05) is 30.5 Å². The number of aromatic nitrogens is 2. The molecule has 0 aliphatic carbocycles.